The van der Waals surface area contributed by atoms with Crippen molar-refractivity contribution in [3.05, 3.63) is 64.6 Å². The second kappa shape index (κ2) is 7.58. The van der Waals surface area contributed by atoms with Gasteiger partial charge in [0.05, 0.1) is 23.6 Å². The van der Waals surface area contributed by atoms with Gasteiger partial charge in [-0.25, -0.2) is 0 Å². The second-order valence-corrected chi connectivity index (χ2v) is 6.28. The Bertz CT molecular complexity index is 1260. The van der Waals surface area contributed by atoms with Gasteiger partial charge in [-0.1, -0.05) is 12.1 Å². The number of nitrogens with one attached hydrogen (secondary N) is 1. The Kier molecular flexibility index (Phi) is 4.82. The van der Waals surface area contributed by atoms with Gasteiger partial charge in [0.2, 0.25) is 5.78 Å². The van der Waals surface area contributed by atoms with Crippen LogP contribution in [0.3, 0.4) is 0 Å². The summed E-state index contributed by atoms with van der Waals surface area (Å²) in [6.07, 6.45) is 1.38. The van der Waals surface area contributed by atoms with Gasteiger partial charge in [-0.3, -0.25) is 23.4 Å². The highest BCUT2D eigenvalue weighted by Gasteiger charge is 2.16. The van der Waals surface area contributed by atoms with Crippen LogP contribution in [0.2, 0.25) is 0 Å². The van der Waals surface area contributed by atoms with E-state index in [0.29, 0.717) is 22.5 Å². The van der Waals surface area contributed by atoms with E-state index in [1.165, 1.54) is 16.9 Å². The molecule has 0 radical (unpaired) electrons. The lowest BCUT2D eigenvalue weighted by atomic mass is 10.2. The molecular formula is C19H17N5O5. The zero-order valence-corrected chi connectivity index (χ0v) is 15.5. The third-order valence-corrected chi connectivity index (χ3v) is 4.41. The van der Waals surface area contributed by atoms with E-state index >= 15 is 0 Å². The third kappa shape index (κ3) is 3.47. The van der Waals surface area contributed by atoms with Crippen molar-refractivity contribution in [2.24, 2.45) is 7.05 Å². The quantitative estimate of drug-likeness (QED) is 0.484. The zero-order valence-electron chi connectivity index (χ0n) is 15.5. The maximum Gasteiger partial charge on any atom is 0.308 e. The van der Waals surface area contributed by atoms with Crippen LogP contribution in [0.5, 0.6) is 0 Å². The summed E-state index contributed by atoms with van der Waals surface area (Å²) < 4.78 is 13.3. The van der Waals surface area contributed by atoms with Gasteiger partial charge in [0.25, 0.3) is 11.5 Å². The Labute approximate surface area is 163 Å². The molecule has 148 valence electrons. The van der Waals surface area contributed by atoms with Crippen LogP contribution in [-0.4, -0.2) is 37.6 Å². The molecule has 0 aliphatic heterocycles. The monoisotopic (exact) mass is 395 g/mol. The van der Waals surface area contributed by atoms with E-state index in [2.05, 4.69) is 15.5 Å². The van der Waals surface area contributed by atoms with Crippen LogP contribution in [0, 0.1) is 0 Å². The summed E-state index contributed by atoms with van der Waals surface area (Å²) in [5, 5.41) is 11.2. The van der Waals surface area contributed by atoms with E-state index < -0.39 is 11.9 Å². The Morgan fingerprint density at radius 1 is 1.17 bits per heavy atom. The molecule has 4 aromatic rings. The van der Waals surface area contributed by atoms with E-state index in [9.17, 15) is 14.4 Å². The molecule has 29 heavy (non-hydrogen) atoms. The molecule has 0 unspecified atom stereocenters. The van der Waals surface area contributed by atoms with Gasteiger partial charge in [-0.2, -0.15) is 0 Å². The van der Waals surface area contributed by atoms with Crippen LogP contribution in [-0.2, 0) is 23.2 Å². The minimum atomic E-state index is -0.504. The van der Waals surface area contributed by atoms with E-state index in [0.717, 1.165) is 0 Å². The van der Waals surface area contributed by atoms with E-state index in [1.54, 1.807) is 41.8 Å². The first-order valence-electron chi connectivity index (χ1n) is 8.85. The molecule has 0 spiro atoms. The number of furan rings is 1. The average Bonchev–Trinajstić information content (AvgIpc) is 3.40. The molecule has 0 aliphatic carbocycles. The zero-order chi connectivity index (χ0) is 20.4. The van der Waals surface area contributed by atoms with Crippen molar-refractivity contribution >= 4 is 28.6 Å². The minimum Gasteiger partial charge on any atom is -0.459 e. The number of hydrogen-bond donors (Lipinski definition) is 1. The molecule has 1 aromatic carbocycles. The molecule has 1 amide bonds. The first kappa shape index (κ1) is 18.4. The van der Waals surface area contributed by atoms with Crippen molar-refractivity contribution in [1.82, 2.24) is 24.5 Å². The molecular weight excluding hydrogens is 378 g/mol. The number of aryl methyl sites for hydroxylation is 1. The Hall–Kier alpha value is -3.95. The lowest BCUT2D eigenvalue weighted by Crippen LogP contribution is -2.26. The van der Waals surface area contributed by atoms with Gasteiger partial charge in [-0.15, -0.1) is 10.2 Å². The van der Waals surface area contributed by atoms with Gasteiger partial charge in [0.15, 0.2) is 18.2 Å². The van der Waals surface area contributed by atoms with Crippen LogP contribution < -0.4 is 10.9 Å². The number of benzene rings is 1. The van der Waals surface area contributed by atoms with Crippen molar-refractivity contribution in [3.8, 4) is 0 Å². The maximum atomic E-state index is 12.4. The topological polar surface area (TPSA) is 121 Å². The fourth-order valence-electron chi connectivity index (χ4n) is 2.98. The highest BCUT2D eigenvalue weighted by atomic mass is 16.5. The summed E-state index contributed by atoms with van der Waals surface area (Å²) in [6, 6.07) is 10.2. The van der Waals surface area contributed by atoms with Crippen LogP contribution in [0.1, 0.15) is 22.8 Å². The average molecular weight is 395 g/mol. The van der Waals surface area contributed by atoms with Gasteiger partial charge in [0, 0.05) is 13.6 Å². The molecule has 3 heterocycles. The van der Waals surface area contributed by atoms with Gasteiger partial charge in [-0.05, 0) is 24.3 Å². The molecule has 4 rings (SSSR count). The van der Waals surface area contributed by atoms with Crippen molar-refractivity contribution in [3.63, 3.8) is 0 Å². The highest BCUT2D eigenvalue weighted by molar-refractivity contribution is 5.91. The fraction of sp³-hybridized carbons (Fsp3) is 0.211. The summed E-state index contributed by atoms with van der Waals surface area (Å²) in [5.74, 6) is 0.00489. The smallest absolute Gasteiger partial charge is 0.308 e. The molecule has 10 nitrogen and oxygen atoms in total. The minimum absolute atomic E-state index is 0.0115. The van der Waals surface area contributed by atoms with E-state index in [4.69, 9.17) is 9.15 Å². The number of carbonyl (C=O) groups is 2. The number of rotatable bonds is 6. The summed E-state index contributed by atoms with van der Waals surface area (Å²) in [6.45, 7) is -0.00922. The van der Waals surface area contributed by atoms with Crippen molar-refractivity contribution < 1.29 is 18.7 Å². The van der Waals surface area contributed by atoms with Crippen molar-refractivity contribution in [1.29, 1.82) is 0 Å². The predicted molar refractivity (Wildman–Crippen MR) is 101 cm³/mol. The second-order valence-electron chi connectivity index (χ2n) is 6.28. The highest BCUT2D eigenvalue weighted by Crippen LogP contribution is 2.14. The van der Waals surface area contributed by atoms with Gasteiger partial charge in [0.1, 0.15) is 0 Å². The van der Waals surface area contributed by atoms with E-state index in [-0.39, 0.29) is 30.9 Å². The number of fused-ring (bicyclic) bond motifs is 3. The summed E-state index contributed by atoms with van der Waals surface area (Å²) >= 11 is 0. The Morgan fingerprint density at radius 2 is 2.00 bits per heavy atom. The van der Waals surface area contributed by atoms with Crippen LogP contribution in [0.15, 0.2) is 51.9 Å². The number of ether oxygens (including phenoxy) is 1. The molecule has 3 aromatic heterocycles. The van der Waals surface area contributed by atoms with Crippen molar-refractivity contribution in [2.75, 3.05) is 6.54 Å². The normalized spacial score (nSPS) is 11.1. The molecule has 1 N–H and O–H groups in total. The number of para-hydroxylation sites is 1. The molecule has 0 atom stereocenters. The number of hydrogen-bond acceptors (Lipinski definition) is 7. The van der Waals surface area contributed by atoms with Crippen LogP contribution in [0.25, 0.3) is 16.7 Å². The number of nitrogens with zero attached hydrogens (tertiary/aromatic N) is 4. The van der Waals surface area contributed by atoms with Crippen LogP contribution in [0.4, 0.5) is 0 Å². The van der Waals surface area contributed by atoms with Gasteiger partial charge < -0.3 is 14.5 Å². The molecule has 0 aliphatic rings. The largest absolute Gasteiger partial charge is 0.459 e. The Balaban J connectivity index is 1.44. The fourth-order valence-corrected chi connectivity index (χ4v) is 2.98. The Morgan fingerprint density at radius 3 is 2.79 bits per heavy atom. The lowest BCUT2D eigenvalue weighted by molar-refractivity contribution is -0.145. The molecule has 0 saturated carbocycles. The molecule has 0 saturated heterocycles. The SMILES string of the molecule is Cn1c(=O)c2ccccc2n2c(COC(=O)CCNC(=O)c3ccco3)nnc12. The predicted octanol–water partition coefficient (Wildman–Crippen LogP) is 1.04. The number of amides is 1. The number of carbonyl (C=O) groups excluding carboxylic acids is 2. The van der Waals surface area contributed by atoms with Gasteiger partial charge >= 0.3 is 5.97 Å². The third-order valence-electron chi connectivity index (χ3n) is 4.41. The number of aromatic nitrogens is 4. The van der Waals surface area contributed by atoms with E-state index in [1.807, 2.05) is 0 Å². The first-order chi connectivity index (χ1) is 14.1. The number of esters is 1. The first-order valence-corrected chi connectivity index (χ1v) is 8.85. The molecule has 0 bridgehead atoms. The van der Waals surface area contributed by atoms with Crippen molar-refractivity contribution in [2.45, 2.75) is 13.0 Å². The molecule has 0 fully saturated rings. The summed E-state index contributed by atoms with van der Waals surface area (Å²) in [4.78, 5) is 36.2. The maximum absolute atomic E-state index is 12.4. The van der Waals surface area contributed by atoms with Crippen LogP contribution >= 0.6 is 0 Å². The summed E-state index contributed by atoms with van der Waals surface area (Å²) in [7, 11) is 1.61. The summed E-state index contributed by atoms with van der Waals surface area (Å²) in [5.41, 5.74) is 0.448. The standard InChI is InChI=1S/C19H17N5O5/c1-23-18(27)12-5-2-3-6-13(12)24-15(21-22-19(23)24)11-29-16(25)8-9-20-17(26)14-7-4-10-28-14/h2-7,10H,8-9,11H2,1H3,(H,20,26). The molecule has 10 heteroatoms. The lowest BCUT2D eigenvalue weighted by Gasteiger charge is -2.08.